The first-order valence-corrected chi connectivity index (χ1v) is 18.0. The van der Waals surface area contributed by atoms with Crippen molar-refractivity contribution < 1.29 is 0 Å². The van der Waals surface area contributed by atoms with E-state index in [0.29, 0.717) is 5.82 Å². The zero-order chi connectivity index (χ0) is 35.1. The molecule has 0 saturated carbocycles. The van der Waals surface area contributed by atoms with Crippen LogP contribution < -0.4 is 0 Å². The van der Waals surface area contributed by atoms with Gasteiger partial charge < -0.3 is 4.57 Å². The van der Waals surface area contributed by atoms with Crippen LogP contribution in [0.25, 0.3) is 94.4 Å². The monoisotopic (exact) mass is 675 g/mol. The third-order valence-corrected chi connectivity index (χ3v) is 10.2. The van der Waals surface area contributed by atoms with Gasteiger partial charge in [-0.3, -0.25) is 0 Å². The maximum absolute atomic E-state index is 5.14. The van der Waals surface area contributed by atoms with Crippen molar-refractivity contribution in [3.8, 4) is 61.8 Å². The Morgan fingerprint density at radius 1 is 0.302 bits per heavy atom. The number of aromatic nitrogens is 3. The van der Waals surface area contributed by atoms with Crippen molar-refractivity contribution in [3.63, 3.8) is 0 Å². The van der Waals surface area contributed by atoms with Gasteiger partial charge in [-0.25, -0.2) is 9.97 Å². The first-order valence-electron chi connectivity index (χ1n) is 18.0. The molecule has 0 aliphatic heterocycles. The highest BCUT2D eigenvalue weighted by Crippen LogP contribution is 2.38. The SMILES string of the molecule is c1ccc(-c2cc(-c3ccc(-c4ccc(-c5cccc(-n6c7ccccc7c7ccccc76)c5)cc4)c4ccccc34)nc(-c3ccccc3)n2)cc1. The molecule has 0 amide bonds. The minimum absolute atomic E-state index is 0.716. The fourth-order valence-corrected chi connectivity index (χ4v) is 7.70. The number of rotatable bonds is 6. The molecule has 2 heterocycles. The van der Waals surface area contributed by atoms with Crippen LogP contribution in [0.1, 0.15) is 0 Å². The molecule has 0 radical (unpaired) electrons. The van der Waals surface area contributed by atoms with Crippen LogP contribution in [0, 0.1) is 0 Å². The van der Waals surface area contributed by atoms with E-state index in [-0.39, 0.29) is 0 Å². The molecule has 2 aromatic heterocycles. The quantitative estimate of drug-likeness (QED) is 0.176. The lowest BCUT2D eigenvalue weighted by Crippen LogP contribution is -1.96. The van der Waals surface area contributed by atoms with Crippen molar-refractivity contribution in [3.05, 3.63) is 200 Å². The summed E-state index contributed by atoms with van der Waals surface area (Å²) in [6.45, 7) is 0. The number of nitrogens with zero attached hydrogens (tertiary/aromatic N) is 3. The highest BCUT2D eigenvalue weighted by atomic mass is 15.0. The summed E-state index contributed by atoms with van der Waals surface area (Å²) in [5, 5.41) is 4.88. The van der Waals surface area contributed by atoms with Gasteiger partial charge >= 0.3 is 0 Å². The topological polar surface area (TPSA) is 30.7 Å². The standard InChI is InChI=1S/C50H33N3/c1-3-14-36(15-4-1)46-33-47(52-50(51-46)37-16-5-2-6-17-37)43-31-30-40(41-20-7-8-21-42(41)43)35-28-26-34(27-29-35)38-18-13-19-39(32-38)53-48-24-11-9-22-44(48)45-23-10-12-25-49(45)53/h1-33H. The molecule has 0 aliphatic rings. The molecule has 248 valence electrons. The van der Waals surface area contributed by atoms with Crippen molar-refractivity contribution in [1.29, 1.82) is 0 Å². The molecule has 0 spiro atoms. The van der Waals surface area contributed by atoms with E-state index in [0.717, 1.165) is 39.2 Å². The summed E-state index contributed by atoms with van der Waals surface area (Å²) in [5.41, 5.74) is 13.3. The minimum Gasteiger partial charge on any atom is -0.309 e. The average molecular weight is 676 g/mol. The van der Waals surface area contributed by atoms with Gasteiger partial charge in [-0.05, 0) is 63.4 Å². The van der Waals surface area contributed by atoms with Gasteiger partial charge in [0.25, 0.3) is 0 Å². The second kappa shape index (κ2) is 12.9. The normalized spacial score (nSPS) is 11.4. The fraction of sp³-hybridized carbons (Fsp3) is 0. The summed E-state index contributed by atoms with van der Waals surface area (Å²) >= 11 is 0. The van der Waals surface area contributed by atoms with E-state index in [2.05, 4.69) is 180 Å². The van der Waals surface area contributed by atoms with Gasteiger partial charge in [-0.1, -0.05) is 170 Å². The molecular weight excluding hydrogens is 643 g/mol. The molecule has 0 N–H and O–H groups in total. The van der Waals surface area contributed by atoms with Gasteiger partial charge in [-0.2, -0.15) is 0 Å². The van der Waals surface area contributed by atoms with E-state index in [1.165, 1.54) is 49.4 Å². The van der Waals surface area contributed by atoms with Crippen LogP contribution in [0.2, 0.25) is 0 Å². The van der Waals surface area contributed by atoms with E-state index < -0.39 is 0 Å². The zero-order valence-electron chi connectivity index (χ0n) is 28.9. The smallest absolute Gasteiger partial charge is 0.160 e. The summed E-state index contributed by atoms with van der Waals surface area (Å²) in [5.74, 6) is 0.716. The van der Waals surface area contributed by atoms with Crippen LogP contribution in [-0.4, -0.2) is 14.5 Å². The Labute approximate surface area is 308 Å². The Morgan fingerprint density at radius 3 is 1.49 bits per heavy atom. The highest BCUT2D eigenvalue weighted by Gasteiger charge is 2.16. The van der Waals surface area contributed by atoms with Crippen molar-refractivity contribution in [2.75, 3.05) is 0 Å². The Bertz CT molecular complexity index is 2810. The van der Waals surface area contributed by atoms with E-state index >= 15 is 0 Å². The lowest BCUT2D eigenvalue weighted by Gasteiger charge is -2.14. The van der Waals surface area contributed by atoms with Crippen molar-refractivity contribution in [1.82, 2.24) is 14.5 Å². The molecule has 0 fully saturated rings. The zero-order valence-corrected chi connectivity index (χ0v) is 28.9. The van der Waals surface area contributed by atoms with Crippen molar-refractivity contribution >= 4 is 32.6 Å². The van der Waals surface area contributed by atoms with Gasteiger partial charge in [0.15, 0.2) is 5.82 Å². The summed E-state index contributed by atoms with van der Waals surface area (Å²) in [4.78, 5) is 10.2. The molecule has 3 heteroatoms. The first-order chi connectivity index (χ1) is 26.3. The van der Waals surface area contributed by atoms with Gasteiger partial charge in [-0.15, -0.1) is 0 Å². The largest absolute Gasteiger partial charge is 0.309 e. The number of hydrogen-bond donors (Lipinski definition) is 0. The van der Waals surface area contributed by atoms with Crippen LogP contribution in [0.5, 0.6) is 0 Å². The predicted molar refractivity (Wildman–Crippen MR) is 221 cm³/mol. The minimum atomic E-state index is 0.716. The van der Waals surface area contributed by atoms with Crippen molar-refractivity contribution in [2.45, 2.75) is 0 Å². The maximum atomic E-state index is 5.14. The van der Waals surface area contributed by atoms with E-state index in [1.54, 1.807) is 0 Å². The third kappa shape index (κ3) is 5.47. The lowest BCUT2D eigenvalue weighted by molar-refractivity contribution is 1.18. The summed E-state index contributed by atoms with van der Waals surface area (Å²) in [6.07, 6.45) is 0. The predicted octanol–water partition coefficient (Wildman–Crippen LogP) is 13.1. The Hall–Kier alpha value is -7.10. The highest BCUT2D eigenvalue weighted by molar-refractivity contribution is 6.09. The first kappa shape index (κ1) is 30.7. The molecule has 3 nitrogen and oxygen atoms in total. The lowest BCUT2D eigenvalue weighted by atomic mass is 9.92. The number of fused-ring (bicyclic) bond motifs is 4. The Kier molecular flexibility index (Phi) is 7.47. The number of hydrogen-bond acceptors (Lipinski definition) is 2. The molecule has 0 aliphatic carbocycles. The third-order valence-electron chi connectivity index (χ3n) is 10.2. The molecule has 0 saturated heterocycles. The van der Waals surface area contributed by atoms with Crippen LogP contribution in [-0.2, 0) is 0 Å². The van der Waals surface area contributed by atoms with Gasteiger partial charge in [0.1, 0.15) is 0 Å². The second-order valence-electron chi connectivity index (χ2n) is 13.4. The molecule has 53 heavy (non-hydrogen) atoms. The molecule has 8 aromatic carbocycles. The van der Waals surface area contributed by atoms with Crippen molar-refractivity contribution in [2.24, 2.45) is 0 Å². The van der Waals surface area contributed by atoms with E-state index in [9.17, 15) is 0 Å². The second-order valence-corrected chi connectivity index (χ2v) is 13.4. The molecular formula is C50H33N3. The number of para-hydroxylation sites is 2. The van der Waals surface area contributed by atoms with Crippen LogP contribution in [0.3, 0.4) is 0 Å². The van der Waals surface area contributed by atoms with Crippen LogP contribution >= 0.6 is 0 Å². The van der Waals surface area contributed by atoms with E-state index in [4.69, 9.17) is 9.97 Å². The molecule has 0 atom stereocenters. The molecule has 0 unspecified atom stereocenters. The van der Waals surface area contributed by atoms with Gasteiger partial charge in [0.05, 0.1) is 22.4 Å². The van der Waals surface area contributed by atoms with Gasteiger partial charge in [0, 0.05) is 33.2 Å². The van der Waals surface area contributed by atoms with Crippen LogP contribution in [0.15, 0.2) is 200 Å². The van der Waals surface area contributed by atoms with Gasteiger partial charge in [0.2, 0.25) is 0 Å². The molecule has 0 bridgehead atoms. The fourth-order valence-electron chi connectivity index (χ4n) is 7.70. The molecule has 10 aromatic rings. The summed E-state index contributed by atoms with van der Waals surface area (Å²) in [7, 11) is 0. The summed E-state index contributed by atoms with van der Waals surface area (Å²) in [6, 6.07) is 71.0. The number of benzene rings is 8. The Balaban J connectivity index is 1.04. The Morgan fingerprint density at radius 2 is 0.811 bits per heavy atom. The average Bonchev–Trinajstić information content (AvgIpc) is 3.58. The van der Waals surface area contributed by atoms with Crippen LogP contribution in [0.4, 0.5) is 0 Å². The summed E-state index contributed by atoms with van der Waals surface area (Å²) < 4.78 is 2.37. The molecule has 10 rings (SSSR count). The van der Waals surface area contributed by atoms with E-state index in [1.807, 2.05) is 24.3 Å². The maximum Gasteiger partial charge on any atom is 0.160 e.